The van der Waals surface area contributed by atoms with Gasteiger partial charge >= 0.3 is 6.03 Å². The van der Waals surface area contributed by atoms with Crippen LogP contribution >= 0.6 is 0 Å². The third-order valence-corrected chi connectivity index (χ3v) is 5.56. The van der Waals surface area contributed by atoms with Crippen LogP contribution in [0.25, 0.3) is 0 Å². The Morgan fingerprint density at radius 2 is 2.26 bits per heavy atom. The maximum atomic E-state index is 11.9. The molecule has 5 heteroatoms. The van der Waals surface area contributed by atoms with Crippen LogP contribution in [0.5, 0.6) is 0 Å². The first-order chi connectivity index (χ1) is 11.3. The van der Waals surface area contributed by atoms with Gasteiger partial charge in [-0.3, -0.25) is 0 Å². The number of aryl methyl sites for hydroxylation is 1. The average molecular weight is 316 g/mol. The molecule has 2 amide bonds. The Morgan fingerprint density at radius 3 is 3.13 bits per heavy atom. The minimum Gasteiger partial charge on any atom is -0.350 e. The van der Waals surface area contributed by atoms with Crippen molar-refractivity contribution in [2.75, 3.05) is 13.2 Å². The number of benzene rings is 1. The molecule has 1 saturated carbocycles. The summed E-state index contributed by atoms with van der Waals surface area (Å²) >= 11 is 0. The summed E-state index contributed by atoms with van der Waals surface area (Å²) in [4.78, 5) is 17.2. The molecule has 4 rings (SSSR count). The maximum absolute atomic E-state index is 11.9. The Bertz CT molecular complexity index is 585. The van der Waals surface area contributed by atoms with Crippen LogP contribution < -0.4 is 10.8 Å². The molecule has 1 spiro atoms. The molecule has 0 aromatic heterocycles. The van der Waals surface area contributed by atoms with Gasteiger partial charge in [0.2, 0.25) is 0 Å². The van der Waals surface area contributed by atoms with E-state index in [9.17, 15) is 4.79 Å². The highest BCUT2D eigenvalue weighted by Gasteiger charge is 2.57. The number of urea groups is 1. The molecule has 2 aliphatic carbocycles. The summed E-state index contributed by atoms with van der Waals surface area (Å²) in [6.07, 6.45) is 6.24. The number of rotatable bonds is 4. The van der Waals surface area contributed by atoms with Crippen molar-refractivity contribution in [3.05, 3.63) is 35.4 Å². The fourth-order valence-electron chi connectivity index (χ4n) is 4.18. The lowest BCUT2D eigenvalue weighted by atomic mass is 9.95. The van der Waals surface area contributed by atoms with Gasteiger partial charge in [0.1, 0.15) is 0 Å². The van der Waals surface area contributed by atoms with Gasteiger partial charge in [-0.25, -0.2) is 15.1 Å². The molecular weight excluding hydrogens is 292 g/mol. The number of hydrogen-bond donors (Lipinski definition) is 2. The zero-order chi connectivity index (χ0) is 15.7. The zero-order valence-corrected chi connectivity index (χ0v) is 13.3. The molecule has 3 aliphatic rings. The number of carbonyl (C=O) groups is 1. The molecule has 1 saturated heterocycles. The van der Waals surface area contributed by atoms with E-state index in [-0.39, 0.29) is 12.3 Å². The first kappa shape index (κ1) is 15.0. The summed E-state index contributed by atoms with van der Waals surface area (Å²) in [7, 11) is 0. The second-order valence-electron chi connectivity index (χ2n) is 6.94. The first-order valence-electron chi connectivity index (χ1n) is 8.67. The van der Waals surface area contributed by atoms with Gasteiger partial charge in [0.25, 0.3) is 0 Å². The van der Waals surface area contributed by atoms with Crippen molar-refractivity contribution in [1.29, 1.82) is 0 Å². The number of hydrogen-bond acceptors (Lipinski definition) is 3. The molecule has 1 aromatic carbocycles. The third kappa shape index (κ3) is 2.95. The van der Waals surface area contributed by atoms with Crippen LogP contribution in [0, 0.1) is 5.92 Å². The van der Waals surface area contributed by atoms with E-state index in [1.165, 1.54) is 30.4 Å². The summed E-state index contributed by atoms with van der Waals surface area (Å²) in [5.41, 5.74) is 5.76. The molecule has 2 fully saturated rings. The maximum Gasteiger partial charge on any atom is 0.338 e. The third-order valence-electron chi connectivity index (χ3n) is 5.56. The number of fused-ring (bicyclic) bond motifs is 2. The Morgan fingerprint density at radius 1 is 1.35 bits per heavy atom. The van der Waals surface area contributed by atoms with E-state index in [0.717, 1.165) is 19.3 Å². The summed E-state index contributed by atoms with van der Waals surface area (Å²) in [6.45, 7) is 1.41. The molecule has 1 heterocycles. The largest absolute Gasteiger partial charge is 0.350 e. The minimum absolute atomic E-state index is 0.271. The van der Waals surface area contributed by atoms with E-state index in [4.69, 9.17) is 9.57 Å². The van der Waals surface area contributed by atoms with Gasteiger partial charge in [-0.15, -0.1) is 0 Å². The number of carbonyl (C=O) groups excluding carboxylic acids is 1. The molecule has 3 unspecified atom stereocenters. The van der Waals surface area contributed by atoms with Gasteiger partial charge in [-0.05, 0) is 49.1 Å². The van der Waals surface area contributed by atoms with Crippen molar-refractivity contribution in [2.45, 2.75) is 50.2 Å². The highest BCUT2D eigenvalue weighted by atomic mass is 16.8. The lowest BCUT2D eigenvalue weighted by molar-refractivity contribution is -0.186. The highest BCUT2D eigenvalue weighted by molar-refractivity contribution is 5.72. The van der Waals surface area contributed by atoms with Gasteiger partial charge in [-0.1, -0.05) is 24.3 Å². The van der Waals surface area contributed by atoms with E-state index in [1.54, 1.807) is 0 Å². The molecule has 23 heavy (non-hydrogen) atoms. The molecule has 1 aromatic rings. The summed E-state index contributed by atoms with van der Waals surface area (Å²) in [5, 5.41) is 2.94. The SMILES string of the molecule is O=C(NCC1CC12CCc1ccccc12)NOC1CCCCO1. The number of hydroxylamine groups is 1. The molecule has 5 nitrogen and oxygen atoms in total. The van der Waals surface area contributed by atoms with Crippen molar-refractivity contribution in [1.82, 2.24) is 10.8 Å². The van der Waals surface area contributed by atoms with Crippen LogP contribution in [0.3, 0.4) is 0 Å². The van der Waals surface area contributed by atoms with Crippen molar-refractivity contribution in [2.24, 2.45) is 5.92 Å². The van der Waals surface area contributed by atoms with Crippen molar-refractivity contribution in [3.8, 4) is 0 Å². The quantitative estimate of drug-likeness (QED) is 0.840. The number of nitrogens with one attached hydrogen (secondary N) is 2. The fourth-order valence-corrected chi connectivity index (χ4v) is 4.18. The van der Waals surface area contributed by atoms with E-state index in [2.05, 4.69) is 35.1 Å². The van der Waals surface area contributed by atoms with Gasteiger partial charge in [0.15, 0.2) is 6.29 Å². The van der Waals surface area contributed by atoms with Crippen LogP contribution in [0.4, 0.5) is 4.79 Å². The first-order valence-corrected chi connectivity index (χ1v) is 8.67. The van der Waals surface area contributed by atoms with E-state index < -0.39 is 0 Å². The van der Waals surface area contributed by atoms with Crippen molar-refractivity contribution in [3.63, 3.8) is 0 Å². The molecule has 1 aliphatic heterocycles. The molecule has 2 N–H and O–H groups in total. The molecule has 0 bridgehead atoms. The van der Waals surface area contributed by atoms with Gasteiger partial charge in [0.05, 0.1) is 0 Å². The van der Waals surface area contributed by atoms with Crippen LogP contribution in [0.1, 0.15) is 43.2 Å². The van der Waals surface area contributed by atoms with Gasteiger partial charge in [0, 0.05) is 25.0 Å². The van der Waals surface area contributed by atoms with Crippen LogP contribution in [-0.4, -0.2) is 25.5 Å². The molecular formula is C18H24N2O3. The second kappa shape index (κ2) is 6.13. The molecule has 0 radical (unpaired) electrons. The van der Waals surface area contributed by atoms with Gasteiger partial charge < -0.3 is 10.1 Å². The number of ether oxygens (including phenoxy) is 1. The van der Waals surface area contributed by atoms with E-state index in [1.807, 2.05) is 0 Å². The fraction of sp³-hybridized carbons (Fsp3) is 0.611. The lowest BCUT2D eigenvalue weighted by Gasteiger charge is -2.22. The monoisotopic (exact) mass is 316 g/mol. The van der Waals surface area contributed by atoms with Gasteiger partial charge in [-0.2, -0.15) is 0 Å². The average Bonchev–Trinajstić information content (AvgIpc) is 3.19. The summed E-state index contributed by atoms with van der Waals surface area (Å²) in [6, 6.07) is 8.46. The summed E-state index contributed by atoms with van der Waals surface area (Å²) in [5.74, 6) is 0.544. The highest BCUT2D eigenvalue weighted by Crippen LogP contribution is 2.61. The summed E-state index contributed by atoms with van der Waals surface area (Å²) < 4.78 is 5.42. The lowest BCUT2D eigenvalue weighted by Crippen LogP contribution is -2.40. The topological polar surface area (TPSA) is 59.6 Å². The Kier molecular flexibility index (Phi) is 3.99. The normalized spacial score (nSPS) is 31.7. The van der Waals surface area contributed by atoms with Crippen LogP contribution in [0.15, 0.2) is 24.3 Å². The van der Waals surface area contributed by atoms with Crippen LogP contribution in [-0.2, 0) is 21.4 Å². The second-order valence-corrected chi connectivity index (χ2v) is 6.94. The van der Waals surface area contributed by atoms with Crippen LogP contribution in [0.2, 0.25) is 0 Å². The van der Waals surface area contributed by atoms with E-state index in [0.29, 0.717) is 24.5 Å². The smallest absolute Gasteiger partial charge is 0.338 e. The predicted octanol–water partition coefficient (Wildman–Crippen LogP) is 2.65. The Hall–Kier alpha value is -1.59. The Labute approximate surface area is 136 Å². The predicted molar refractivity (Wildman–Crippen MR) is 85.8 cm³/mol. The van der Waals surface area contributed by atoms with Crippen molar-refractivity contribution < 1.29 is 14.4 Å². The standard InChI is InChI=1S/C18H24N2O3/c21-17(20-23-16-7-3-4-10-22-16)19-12-14-11-18(14)9-8-13-5-1-2-6-15(13)18/h1-2,5-6,14,16H,3-4,7-12H2,(H2,19,20,21). The van der Waals surface area contributed by atoms with E-state index >= 15 is 0 Å². The zero-order valence-electron chi connectivity index (χ0n) is 13.3. The minimum atomic E-state index is -0.302. The number of amides is 2. The Balaban J connectivity index is 1.23. The molecule has 124 valence electrons. The molecule has 3 atom stereocenters. The van der Waals surface area contributed by atoms with Crippen molar-refractivity contribution >= 4 is 6.03 Å².